The quantitative estimate of drug-likeness (QED) is 0.673. The highest BCUT2D eigenvalue weighted by Crippen LogP contribution is 2.24. The van der Waals surface area contributed by atoms with Gasteiger partial charge in [-0.05, 0) is 61.8 Å². The number of nitrogens with zero attached hydrogens (tertiary/aromatic N) is 2. The Morgan fingerprint density at radius 3 is 1.85 bits per heavy atom. The molecule has 1 aliphatic rings. The van der Waals surface area contributed by atoms with Gasteiger partial charge in [0.05, 0.1) is 11.7 Å². The molecule has 0 spiro atoms. The van der Waals surface area contributed by atoms with Crippen LogP contribution in [0.4, 0.5) is 0 Å². The molecule has 0 aliphatic carbocycles. The fourth-order valence-electron chi connectivity index (χ4n) is 4.07. The standard InChI is InChI=1S/C22H44N2O2/c1-16(15-17(2)26-22(8,9)10)20(25)18(3)19(4)23-11-13-24(14-12-23)21(5,6)7/h16-19H,11-15H2,1-10H3. The smallest absolute Gasteiger partial charge is 0.140 e. The van der Waals surface area contributed by atoms with E-state index in [1.165, 1.54) is 0 Å². The maximum Gasteiger partial charge on any atom is 0.140 e. The third kappa shape index (κ3) is 7.28. The highest BCUT2D eigenvalue weighted by atomic mass is 16.5. The monoisotopic (exact) mass is 368 g/mol. The lowest BCUT2D eigenvalue weighted by atomic mass is 9.86. The normalized spacial score (nSPS) is 22.7. The number of ketones is 1. The summed E-state index contributed by atoms with van der Waals surface area (Å²) >= 11 is 0. The molecule has 1 rings (SSSR count). The molecular weight excluding hydrogens is 324 g/mol. The Labute approximate surface area is 162 Å². The molecule has 0 aromatic rings. The van der Waals surface area contributed by atoms with E-state index in [1.54, 1.807) is 0 Å². The van der Waals surface area contributed by atoms with Crippen LogP contribution in [-0.2, 0) is 9.53 Å². The molecule has 0 bridgehead atoms. The Balaban J connectivity index is 2.54. The summed E-state index contributed by atoms with van der Waals surface area (Å²) in [6.07, 6.45) is 0.900. The van der Waals surface area contributed by atoms with Gasteiger partial charge in [0.15, 0.2) is 0 Å². The van der Waals surface area contributed by atoms with E-state index in [9.17, 15) is 4.79 Å². The van der Waals surface area contributed by atoms with Crippen LogP contribution in [0.3, 0.4) is 0 Å². The van der Waals surface area contributed by atoms with E-state index in [0.29, 0.717) is 11.8 Å². The third-order valence-electron chi connectivity index (χ3n) is 5.74. The Kier molecular flexibility index (Phi) is 8.31. The first-order valence-corrected chi connectivity index (χ1v) is 10.4. The molecule has 1 fully saturated rings. The van der Waals surface area contributed by atoms with Gasteiger partial charge < -0.3 is 4.74 Å². The summed E-state index contributed by atoms with van der Waals surface area (Å²) in [5, 5.41) is 0. The van der Waals surface area contributed by atoms with Crippen LogP contribution in [0.5, 0.6) is 0 Å². The minimum Gasteiger partial charge on any atom is -0.373 e. The summed E-state index contributed by atoms with van der Waals surface area (Å²) in [6, 6.07) is 0.297. The Morgan fingerprint density at radius 1 is 0.923 bits per heavy atom. The molecule has 4 atom stereocenters. The predicted octanol–water partition coefficient (Wildman–Crippen LogP) is 4.23. The molecule has 0 amide bonds. The van der Waals surface area contributed by atoms with E-state index < -0.39 is 0 Å². The molecule has 0 aromatic heterocycles. The van der Waals surface area contributed by atoms with Crippen LogP contribution in [0.25, 0.3) is 0 Å². The van der Waals surface area contributed by atoms with Gasteiger partial charge in [-0.2, -0.15) is 0 Å². The van der Waals surface area contributed by atoms with Crippen molar-refractivity contribution < 1.29 is 9.53 Å². The van der Waals surface area contributed by atoms with Gasteiger partial charge in [0.25, 0.3) is 0 Å². The van der Waals surface area contributed by atoms with Crippen LogP contribution < -0.4 is 0 Å². The summed E-state index contributed by atoms with van der Waals surface area (Å²) in [5.41, 5.74) is 0.0717. The second kappa shape index (κ2) is 9.16. The number of Topliss-reactive ketones (excluding diaryl/α,β-unsaturated/α-hetero) is 1. The fourth-order valence-corrected chi connectivity index (χ4v) is 4.07. The number of hydrogen-bond donors (Lipinski definition) is 0. The molecular formula is C22H44N2O2. The van der Waals surface area contributed by atoms with Gasteiger partial charge in [-0.15, -0.1) is 0 Å². The molecule has 4 nitrogen and oxygen atoms in total. The van der Waals surface area contributed by atoms with Gasteiger partial charge >= 0.3 is 0 Å². The fraction of sp³-hybridized carbons (Fsp3) is 0.955. The Bertz CT molecular complexity index is 442. The first-order valence-electron chi connectivity index (χ1n) is 10.4. The largest absolute Gasteiger partial charge is 0.373 e. The number of piperazine rings is 1. The Morgan fingerprint density at radius 2 is 1.42 bits per heavy atom. The van der Waals surface area contributed by atoms with E-state index in [4.69, 9.17) is 4.74 Å². The van der Waals surface area contributed by atoms with Crippen molar-refractivity contribution in [1.82, 2.24) is 9.80 Å². The maximum absolute atomic E-state index is 13.0. The molecule has 26 heavy (non-hydrogen) atoms. The van der Waals surface area contributed by atoms with E-state index in [1.807, 2.05) is 0 Å². The first-order chi connectivity index (χ1) is 11.7. The van der Waals surface area contributed by atoms with Crippen LogP contribution >= 0.6 is 0 Å². The third-order valence-corrected chi connectivity index (χ3v) is 5.74. The number of carbonyl (C=O) groups excluding carboxylic acids is 1. The molecule has 0 N–H and O–H groups in total. The zero-order chi connectivity index (χ0) is 20.3. The topological polar surface area (TPSA) is 32.8 Å². The SMILES string of the molecule is CC(CC(C)C(=O)C(C)C(C)N1CCN(C(C)(C)C)CC1)OC(C)(C)C. The molecule has 0 radical (unpaired) electrons. The van der Waals surface area contributed by atoms with Gasteiger partial charge in [0.1, 0.15) is 5.78 Å². The van der Waals surface area contributed by atoms with Crippen molar-refractivity contribution in [2.75, 3.05) is 26.2 Å². The number of rotatable bonds is 7. The van der Waals surface area contributed by atoms with Gasteiger partial charge in [-0.3, -0.25) is 14.6 Å². The minimum atomic E-state index is -0.159. The summed E-state index contributed by atoms with van der Waals surface area (Å²) in [6.45, 7) is 25.8. The molecule has 4 unspecified atom stereocenters. The van der Waals surface area contributed by atoms with Gasteiger partial charge in [-0.25, -0.2) is 0 Å². The summed E-state index contributed by atoms with van der Waals surface area (Å²) in [4.78, 5) is 18.0. The van der Waals surface area contributed by atoms with Gasteiger partial charge in [-0.1, -0.05) is 13.8 Å². The summed E-state index contributed by atoms with van der Waals surface area (Å²) in [5.74, 6) is 0.480. The van der Waals surface area contributed by atoms with E-state index in [0.717, 1.165) is 32.6 Å². The lowest BCUT2D eigenvalue weighted by Crippen LogP contribution is -2.56. The van der Waals surface area contributed by atoms with Crippen molar-refractivity contribution in [1.29, 1.82) is 0 Å². The van der Waals surface area contributed by atoms with Crippen LogP contribution in [0.1, 0.15) is 75.7 Å². The summed E-state index contributed by atoms with van der Waals surface area (Å²) < 4.78 is 5.99. The molecule has 1 aliphatic heterocycles. The van der Waals surface area contributed by atoms with Crippen LogP contribution in [-0.4, -0.2) is 65.0 Å². The number of hydrogen-bond acceptors (Lipinski definition) is 4. The predicted molar refractivity (Wildman–Crippen MR) is 111 cm³/mol. The average Bonchev–Trinajstić information content (AvgIpc) is 2.50. The van der Waals surface area contributed by atoms with Crippen LogP contribution in [0.15, 0.2) is 0 Å². The zero-order valence-corrected chi connectivity index (χ0v) is 19.1. The zero-order valence-electron chi connectivity index (χ0n) is 19.1. The minimum absolute atomic E-state index is 0.0423. The lowest BCUT2D eigenvalue weighted by molar-refractivity contribution is -0.130. The molecule has 4 heteroatoms. The van der Waals surface area contributed by atoms with E-state index in [-0.39, 0.29) is 29.1 Å². The highest BCUT2D eigenvalue weighted by Gasteiger charge is 2.33. The first kappa shape index (κ1) is 23.6. The van der Waals surface area contributed by atoms with Crippen molar-refractivity contribution in [2.24, 2.45) is 11.8 Å². The second-order valence-corrected chi connectivity index (χ2v) is 10.3. The van der Waals surface area contributed by atoms with Crippen molar-refractivity contribution in [3.8, 4) is 0 Å². The highest BCUT2D eigenvalue weighted by molar-refractivity contribution is 5.83. The molecule has 1 heterocycles. The molecule has 1 saturated heterocycles. The van der Waals surface area contributed by atoms with Crippen LogP contribution in [0.2, 0.25) is 0 Å². The second-order valence-electron chi connectivity index (χ2n) is 10.3. The lowest BCUT2D eigenvalue weighted by Gasteiger charge is -2.45. The Hall–Kier alpha value is -0.450. The maximum atomic E-state index is 13.0. The van der Waals surface area contributed by atoms with Gasteiger partial charge in [0, 0.05) is 49.6 Å². The summed E-state index contributed by atoms with van der Waals surface area (Å²) in [7, 11) is 0. The molecule has 0 aromatic carbocycles. The average molecular weight is 369 g/mol. The van der Waals surface area contributed by atoms with Crippen LogP contribution in [0, 0.1) is 11.8 Å². The van der Waals surface area contributed by atoms with E-state index >= 15 is 0 Å². The number of carbonyl (C=O) groups is 1. The van der Waals surface area contributed by atoms with Gasteiger partial charge in [0.2, 0.25) is 0 Å². The van der Waals surface area contributed by atoms with E-state index in [2.05, 4.69) is 79.0 Å². The number of ether oxygens (including phenoxy) is 1. The van der Waals surface area contributed by atoms with Crippen molar-refractivity contribution in [2.45, 2.75) is 98.9 Å². The van der Waals surface area contributed by atoms with Crippen molar-refractivity contribution in [3.05, 3.63) is 0 Å². The van der Waals surface area contributed by atoms with Crippen molar-refractivity contribution >= 4 is 5.78 Å². The molecule has 154 valence electrons. The van der Waals surface area contributed by atoms with Crippen molar-refractivity contribution in [3.63, 3.8) is 0 Å². The molecule has 0 saturated carbocycles.